The molecule has 1 aromatic heterocycles. The van der Waals surface area contributed by atoms with Gasteiger partial charge in [-0.25, -0.2) is 4.98 Å². The summed E-state index contributed by atoms with van der Waals surface area (Å²) in [6.07, 6.45) is 1.38. The highest BCUT2D eigenvalue weighted by Gasteiger charge is 2.19. The molecule has 1 atom stereocenters. The van der Waals surface area contributed by atoms with Gasteiger partial charge in [-0.3, -0.25) is 4.79 Å². The summed E-state index contributed by atoms with van der Waals surface area (Å²) >= 11 is 3.65. The molecular weight excluding hydrogens is 402 g/mol. The van der Waals surface area contributed by atoms with Gasteiger partial charge >= 0.3 is 0 Å². The van der Waals surface area contributed by atoms with Crippen molar-refractivity contribution >= 4 is 33.6 Å². The van der Waals surface area contributed by atoms with E-state index in [1.54, 1.807) is 19.2 Å². The molecule has 0 spiro atoms. The normalized spacial score (nSPS) is 12.1. The highest BCUT2D eigenvalue weighted by atomic mass is 79.9. The monoisotopic (exact) mass is 416 g/mol. The molecule has 0 aliphatic carbocycles. The van der Waals surface area contributed by atoms with Crippen LogP contribution in [-0.2, 0) is 0 Å². The van der Waals surface area contributed by atoms with Crippen molar-refractivity contribution in [2.45, 2.75) is 23.7 Å². The number of carbonyl (C=O) groups excluding carboxylic acids is 1. The second-order valence-corrected chi connectivity index (χ2v) is 6.66. The van der Waals surface area contributed by atoms with Gasteiger partial charge in [-0.15, -0.1) is 0 Å². The third kappa shape index (κ3) is 4.67. The largest absolute Gasteiger partial charge is 0.496 e. The zero-order valence-corrected chi connectivity index (χ0v) is 15.3. The van der Waals surface area contributed by atoms with Crippen LogP contribution in [0.4, 0.5) is 8.78 Å². The van der Waals surface area contributed by atoms with Crippen LogP contribution in [0.1, 0.15) is 28.9 Å². The number of aromatic nitrogens is 1. The van der Waals surface area contributed by atoms with Crippen LogP contribution >= 0.6 is 27.7 Å². The van der Waals surface area contributed by atoms with Crippen molar-refractivity contribution in [3.63, 3.8) is 0 Å². The average Bonchev–Trinajstić information content (AvgIpc) is 2.54. The highest BCUT2D eigenvalue weighted by Crippen LogP contribution is 2.29. The minimum Gasteiger partial charge on any atom is -0.496 e. The zero-order chi connectivity index (χ0) is 17.7. The van der Waals surface area contributed by atoms with Crippen molar-refractivity contribution in [2.75, 3.05) is 7.11 Å². The van der Waals surface area contributed by atoms with Gasteiger partial charge in [-0.1, -0.05) is 6.07 Å². The number of amides is 1. The van der Waals surface area contributed by atoms with Crippen LogP contribution in [0.3, 0.4) is 0 Å². The second-order valence-electron chi connectivity index (χ2n) is 4.82. The smallest absolute Gasteiger partial charge is 0.290 e. The Balaban J connectivity index is 2.16. The molecule has 2 rings (SSSR count). The van der Waals surface area contributed by atoms with Crippen LogP contribution in [0, 0.1) is 0 Å². The van der Waals surface area contributed by atoms with Crippen LogP contribution < -0.4 is 10.1 Å². The van der Waals surface area contributed by atoms with Crippen LogP contribution in [-0.4, -0.2) is 23.8 Å². The zero-order valence-electron chi connectivity index (χ0n) is 12.9. The number of hydrogen-bond acceptors (Lipinski definition) is 4. The fourth-order valence-electron chi connectivity index (χ4n) is 2.05. The summed E-state index contributed by atoms with van der Waals surface area (Å²) in [6.45, 7) is 1.81. The first kappa shape index (κ1) is 18.7. The summed E-state index contributed by atoms with van der Waals surface area (Å²) in [5, 5.41) is 2.80. The summed E-state index contributed by atoms with van der Waals surface area (Å²) in [5.41, 5.74) is 0.977. The molecule has 1 aromatic carbocycles. The Morgan fingerprint density at radius 1 is 1.38 bits per heavy atom. The van der Waals surface area contributed by atoms with Crippen molar-refractivity contribution < 1.29 is 18.3 Å². The molecule has 0 aliphatic heterocycles. The molecule has 0 radical (unpaired) electrons. The second kappa shape index (κ2) is 8.43. The van der Waals surface area contributed by atoms with Crippen molar-refractivity contribution in [1.29, 1.82) is 0 Å². The first-order chi connectivity index (χ1) is 11.4. The number of ether oxygens (including phenoxy) is 1. The van der Waals surface area contributed by atoms with E-state index in [-0.39, 0.29) is 28.4 Å². The molecule has 0 aliphatic rings. The summed E-state index contributed by atoms with van der Waals surface area (Å²) < 4.78 is 31.1. The minimum absolute atomic E-state index is 0.00751. The fourth-order valence-corrected chi connectivity index (χ4v) is 3.19. The van der Waals surface area contributed by atoms with E-state index in [0.717, 1.165) is 10.0 Å². The van der Waals surface area contributed by atoms with Gasteiger partial charge in [0.15, 0.2) is 0 Å². The number of methoxy groups -OCH3 is 1. The average molecular weight is 417 g/mol. The van der Waals surface area contributed by atoms with Gasteiger partial charge in [0.1, 0.15) is 10.8 Å². The fraction of sp³-hybridized carbons (Fsp3) is 0.250. The van der Waals surface area contributed by atoms with E-state index in [1.807, 2.05) is 19.1 Å². The lowest BCUT2D eigenvalue weighted by Crippen LogP contribution is -2.27. The molecule has 24 heavy (non-hydrogen) atoms. The number of pyridine rings is 1. The summed E-state index contributed by atoms with van der Waals surface area (Å²) in [4.78, 5) is 16.2. The Labute approximate surface area is 151 Å². The molecule has 8 heteroatoms. The van der Waals surface area contributed by atoms with E-state index in [0.29, 0.717) is 5.75 Å². The van der Waals surface area contributed by atoms with Gasteiger partial charge in [0, 0.05) is 6.20 Å². The van der Waals surface area contributed by atoms with Gasteiger partial charge in [-0.2, -0.15) is 8.78 Å². The molecule has 4 nitrogen and oxygen atoms in total. The number of carbonyl (C=O) groups is 1. The third-order valence-electron chi connectivity index (χ3n) is 3.24. The van der Waals surface area contributed by atoms with Crippen molar-refractivity contribution in [3.05, 3.63) is 52.1 Å². The first-order valence-electron chi connectivity index (χ1n) is 6.96. The van der Waals surface area contributed by atoms with Crippen molar-refractivity contribution in [2.24, 2.45) is 0 Å². The molecule has 0 fully saturated rings. The van der Waals surface area contributed by atoms with E-state index in [1.165, 1.54) is 12.3 Å². The number of halogens is 3. The summed E-state index contributed by atoms with van der Waals surface area (Å²) in [7, 11) is 1.57. The number of thioether (sulfide) groups is 1. The maximum Gasteiger partial charge on any atom is 0.290 e. The van der Waals surface area contributed by atoms with E-state index in [4.69, 9.17) is 4.74 Å². The molecule has 1 heterocycles. The molecule has 0 saturated heterocycles. The number of hydrogen-bond donors (Lipinski definition) is 1. The van der Waals surface area contributed by atoms with Gasteiger partial charge in [0.2, 0.25) is 0 Å². The number of rotatable bonds is 6. The number of nitrogens with one attached hydrogen (secondary N) is 1. The Morgan fingerprint density at radius 2 is 2.12 bits per heavy atom. The van der Waals surface area contributed by atoms with Crippen LogP contribution in [0.15, 0.2) is 46.0 Å². The lowest BCUT2D eigenvalue weighted by Gasteiger charge is -2.16. The molecule has 1 N–H and O–H groups in total. The van der Waals surface area contributed by atoms with Crippen LogP contribution in [0.2, 0.25) is 0 Å². The Bertz CT molecular complexity index is 731. The van der Waals surface area contributed by atoms with Gasteiger partial charge < -0.3 is 10.1 Å². The topological polar surface area (TPSA) is 51.2 Å². The van der Waals surface area contributed by atoms with E-state index in [2.05, 4.69) is 26.2 Å². The Hall–Kier alpha value is -1.67. The standard InChI is InChI=1S/C16H15BrF2N2O2S/c1-9(10-5-6-13(23-2)12(17)8-10)21-14(22)11-4-3-7-20-15(11)24-16(18)19/h3-9,16H,1-2H3,(H,21,22). The SMILES string of the molecule is COc1ccc(C(C)NC(=O)c2cccnc2SC(F)F)cc1Br. The maximum absolute atomic E-state index is 12.6. The minimum atomic E-state index is -2.64. The molecular formula is C16H15BrF2N2O2S. The van der Waals surface area contributed by atoms with Crippen molar-refractivity contribution in [1.82, 2.24) is 10.3 Å². The predicted octanol–water partition coefficient (Wildman–Crippen LogP) is 4.66. The predicted molar refractivity (Wildman–Crippen MR) is 92.7 cm³/mol. The molecule has 1 unspecified atom stereocenters. The number of nitrogens with zero attached hydrogens (tertiary/aromatic N) is 1. The Morgan fingerprint density at radius 3 is 2.75 bits per heavy atom. The molecule has 0 bridgehead atoms. The summed E-state index contributed by atoms with van der Waals surface area (Å²) in [5.74, 6) is -2.41. The number of alkyl halides is 2. The maximum atomic E-state index is 12.6. The lowest BCUT2D eigenvalue weighted by atomic mass is 10.1. The van der Waals surface area contributed by atoms with Crippen LogP contribution in [0.5, 0.6) is 5.75 Å². The van der Waals surface area contributed by atoms with Gasteiger partial charge in [0.25, 0.3) is 11.7 Å². The van der Waals surface area contributed by atoms with Gasteiger partial charge in [0.05, 0.1) is 23.2 Å². The van der Waals surface area contributed by atoms with Gasteiger partial charge in [-0.05, 0) is 64.4 Å². The molecule has 128 valence electrons. The summed E-state index contributed by atoms with van der Waals surface area (Å²) in [6, 6.07) is 8.14. The quantitative estimate of drug-likeness (QED) is 0.695. The molecule has 0 saturated carbocycles. The van der Waals surface area contributed by atoms with Crippen molar-refractivity contribution in [3.8, 4) is 5.75 Å². The lowest BCUT2D eigenvalue weighted by molar-refractivity contribution is 0.0936. The molecule has 2 aromatic rings. The molecule has 1 amide bonds. The van der Waals surface area contributed by atoms with E-state index >= 15 is 0 Å². The van der Waals surface area contributed by atoms with E-state index in [9.17, 15) is 13.6 Å². The third-order valence-corrected chi connectivity index (χ3v) is 4.59. The first-order valence-corrected chi connectivity index (χ1v) is 8.63. The highest BCUT2D eigenvalue weighted by molar-refractivity contribution is 9.10. The van der Waals surface area contributed by atoms with Crippen LogP contribution in [0.25, 0.3) is 0 Å². The Kier molecular flexibility index (Phi) is 6.56. The van der Waals surface area contributed by atoms with E-state index < -0.39 is 11.7 Å². The number of benzene rings is 1.